The quantitative estimate of drug-likeness (QED) is 0.119. The van der Waals surface area contributed by atoms with E-state index in [1.807, 2.05) is 13.6 Å². The highest BCUT2D eigenvalue weighted by Crippen LogP contribution is 2.25. The van der Waals surface area contributed by atoms with E-state index in [4.69, 9.17) is 42.7 Å². The lowest BCUT2D eigenvalue weighted by atomic mass is 9.88. The predicted octanol–water partition coefficient (Wildman–Crippen LogP) is 2.20. The fourth-order valence-electron chi connectivity index (χ4n) is 3.53. The van der Waals surface area contributed by atoms with Gasteiger partial charge in [0.25, 0.3) is 0 Å². The number of hydrogen-bond acceptors (Lipinski definition) is 12. The van der Waals surface area contributed by atoms with E-state index in [-0.39, 0.29) is 17.5 Å². The van der Waals surface area contributed by atoms with Gasteiger partial charge in [-0.15, -0.1) is 0 Å². The predicted molar refractivity (Wildman–Crippen MR) is 153 cm³/mol. The van der Waals surface area contributed by atoms with Gasteiger partial charge in [0.1, 0.15) is 40.5 Å². The third kappa shape index (κ3) is 21.1. The summed E-state index contributed by atoms with van der Waals surface area (Å²) >= 11 is 0. The third-order valence-electron chi connectivity index (χ3n) is 5.96. The zero-order valence-corrected chi connectivity index (χ0v) is 25.9. The molecule has 0 fully saturated rings. The second kappa shape index (κ2) is 29.6. The topological polar surface area (TPSA) is 118 Å². The first-order chi connectivity index (χ1) is 18.8. The Labute approximate surface area is 237 Å². The van der Waals surface area contributed by atoms with Gasteiger partial charge in [0.15, 0.2) is 0 Å². The second-order valence-corrected chi connectivity index (χ2v) is 9.46. The van der Waals surface area contributed by atoms with Crippen LogP contribution in [0.3, 0.4) is 0 Å². The molecule has 0 N–H and O–H groups in total. The Kier molecular flexibility index (Phi) is 32.0. The van der Waals surface area contributed by atoms with E-state index in [1.165, 1.54) is 0 Å². The van der Waals surface area contributed by atoms with Gasteiger partial charge in [0.2, 0.25) is 0 Å². The molecule has 0 aliphatic rings. The molecule has 0 spiro atoms. The summed E-state index contributed by atoms with van der Waals surface area (Å²) in [5.74, 6) is 0.317. The molecule has 234 valence electrons. The Bertz CT molecular complexity index is 493. The van der Waals surface area contributed by atoms with Crippen LogP contribution in [0.2, 0.25) is 0 Å². The number of nitrogens with zero attached hydrogens (tertiary/aromatic N) is 3. The molecule has 0 heterocycles. The van der Waals surface area contributed by atoms with Crippen molar-refractivity contribution >= 4 is 20.3 Å². The number of carbonyl (C=O) groups is 2. The first kappa shape index (κ1) is 42.1. The lowest BCUT2D eigenvalue weighted by molar-refractivity contribution is -0.105. The molecule has 0 aliphatic carbocycles. The highest BCUT2D eigenvalue weighted by molar-refractivity contribution is 5.23. The zero-order valence-electron chi connectivity index (χ0n) is 25.9. The third-order valence-corrected chi connectivity index (χ3v) is 5.96. The van der Waals surface area contributed by atoms with Crippen LogP contribution < -0.4 is 0 Å². The molecule has 0 rings (SSSR count). The molecular formula is C27H57N3O9. The molecule has 0 radical (unpaired) electrons. The summed E-state index contributed by atoms with van der Waals surface area (Å²) in [7, 11) is 6.71. The number of aliphatic imine (C=N–C) groups is 1. The van der Waals surface area contributed by atoms with E-state index in [0.29, 0.717) is 79.0 Å². The smallest absolute Gasteiger partial charge is 0.106 e. The van der Waals surface area contributed by atoms with Crippen molar-refractivity contribution in [1.82, 2.24) is 9.80 Å². The van der Waals surface area contributed by atoms with E-state index in [2.05, 4.69) is 49.2 Å². The van der Waals surface area contributed by atoms with Gasteiger partial charge in [-0.05, 0) is 32.9 Å². The number of methoxy groups -OCH3 is 4. The first-order valence-corrected chi connectivity index (χ1v) is 13.0. The number of ether oxygens (including phenoxy) is 7. The van der Waals surface area contributed by atoms with E-state index >= 15 is 0 Å². The largest absolute Gasteiger partial charge is 0.380 e. The van der Waals surface area contributed by atoms with E-state index in [0.717, 1.165) is 6.42 Å². The lowest BCUT2D eigenvalue weighted by Gasteiger charge is -2.35. The molecule has 39 heavy (non-hydrogen) atoms. The van der Waals surface area contributed by atoms with Crippen molar-refractivity contribution in [3.05, 3.63) is 0 Å². The Morgan fingerprint density at radius 1 is 0.667 bits per heavy atom. The first-order valence-electron chi connectivity index (χ1n) is 13.0. The second-order valence-electron chi connectivity index (χ2n) is 9.46. The molecule has 0 saturated heterocycles. The summed E-state index contributed by atoms with van der Waals surface area (Å²) in [5.41, 5.74) is -0.262. The van der Waals surface area contributed by atoms with E-state index in [9.17, 15) is 0 Å². The van der Waals surface area contributed by atoms with Gasteiger partial charge in [-0.3, -0.25) is 9.80 Å². The van der Waals surface area contributed by atoms with Crippen molar-refractivity contribution < 1.29 is 42.7 Å². The summed E-state index contributed by atoms with van der Waals surface area (Å²) in [6.07, 6.45) is 0.865. The maximum Gasteiger partial charge on any atom is 0.106 e. The molecule has 0 amide bonds. The van der Waals surface area contributed by atoms with E-state index < -0.39 is 0 Å². The van der Waals surface area contributed by atoms with Gasteiger partial charge in [0, 0.05) is 52.5 Å². The van der Waals surface area contributed by atoms with Crippen molar-refractivity contribution in [3.8, 4) is 0 Å². The van der Waals surface area contributed by atoms with Crippen molar-refractivity contribution in [3.63, 3.8) is 0 Å². The Morgan fingerprint density at radius 2 is 1.00 bits per heavy atom. The number of rotatable bonds is 25. The molecule has 0 bridgehead atoms. The van der Waals surface area contributed by atoms with Crippen LogP contribution in [0.25, 0.3) is 0 Å². The van der Waals surface area contributed by atoms with Crippen LogP contribution in [0, 0.1) is 11.3 Å². The SMILES string of the molecule is C=NCC(C)COCC(CC)(COCC(C)N(COC)COC)COCC(C)N(COC)COC.C=O.C=O. The molecule has 0 saturated carbocycles. The van der Waals surface area contributed by atoms with Gasteiger partial charge in [-0.1, -0.05) is 13.8 Å². The molecule has 12 heteroatoms. The molecule has 12 nitrogen and oxygen atoms in total. The fourth-order valence-corrected chi connectivity index (χ4v) is 3.53. The maximum absolute atomic E-state index is 8.00. The molecule has 0 aromatic rings. The van der Waals surface area contributed by atoms with Crippen molar-refractivity contribution in [2.24, 2.45) is 16.3 Å². The standard InChI is InChI=1S/C25H53N3O7.2CH2O/c1-10-25(15-33-12-22(2)11-26-5,16-34-13-23(3)27(18-29-6)19-30-7)17-35-14-24(4)28(20-31-8)21-32-9;2*1-2/h22-24H,5,10-21H2,1-4,6-9H3;2*1H2. The number of carbonyl (C=O) groups excluding carboxylic acids is 2. The van der Waals surface area contributed by atoms with Crippen LogP contribution in [-0.4, -0.2) is 144 Å². The molecule has 3 atom stereocenters. The average Bonchev–Trinajstić information content (AvgIpc) is 2.94. The van der Waals surface area contributed by atoms with Crippen molar-refractivity contribution in [2.45, 2.75) is 46.2 Å². The summed E-state index contributed by atoms with van der Waals surface area (Å²) in [5, 5.41) is 0. The van der Waals surface area contributed by atoms with Crippen molar-refractivity contribution in [2.75, 3.05) is 102 Å². The van der Waals surface area contributed by atoms with Crippen LogP contribution in [0.4, 0.5) is 0 Å². The lowest BCUT2D eigenvalue weighted by Crippen LogP contribution is -2.43. The molecule has 3 unspecified atom stereocenters. The van der Waals surface area contributed by atoms with Gasteiger partial charge in [0.05, 0.1) is 39.6 Å². The van der Waals surface area contributed by atoms with Gasteiger partial charge >= 0.3 is 0 Å². The summed E-state index contributed by atoms with van der Waals surface area (Å²) in [4.78, 5) is 24.1. The van der Waals surface area contributed by atoms with Gasteiger partial charge in [-0.2, -0.15) is 0 Å². The Morgan fingerprint density at radius 3 is 1.28 bits per heavy atom. The van der Waals surface area contributed by atoms with Crippen LogP contribution in [0.1, 0.15) is 34.1 Å². The maximum atomic E-state index is 8.00. The van der Waals surface area contributed by atoms with Crippen LogP contribution >= 0.6 is 0 Å². The fraction of sp³-hybridized carbons (Fsp3) is 0.889. The minimum absolute atomic E-state index is 0.140. The highest BCUT2D eigenvalue weighted by atomic mass is 16.5. The highest BCUT2D eigenvalue weighted by Gasteiger charge is 2.31. The van der Waals surface area contributed by atoms with E-state index in [1.54, 1.807) is 28.4 Å². The van der Waals surface area contributed by atoms with Crippen LogP contribution in [0.15, 0.2) is 4.99 Å². The molecule has 0 aromatic heterocycles. The normalized spacial score (nSPS) is 14.9. The minimum Gasteiger partial charge on any atom is -0.380 e. The van der Waals surface area contributed by atoms with Gasteiger partial charge in [-0.25, -0.2) is 0 Å². The zero-order chi connectivity index (χ0) is 30.5. The van der Waals surface area contributed by atoms with Gasteiger partial charge < -0.3 is 47.7 Å². The summed E-state index contributed by atoms with van der Waals surface area (Å²) < 4.78 is 39.7. The summed E-state index contributed by atoms with van der Waals surface area (Å²) in [6, 6.07) is 0.281. The van der Waals surface area contributed by atoms with Crippen LogP contribution in [-0.2, 0) is 42.7 Å². The average molecular weight is 568 g/mol. The Hall–Kier alpha value is -1.35. The minimum atomic E-state index is -0.262. The monoisotopic (exact) mass is 567 g/mol. The Balaban J connectivity index is -0.00000308. The molecular weight excluding hydrogens is 510 g/mol. The molecule has 0 aromatic carbocycles. The summed E-state index contributed by atoms with van der Waals surface area (Å²) in [6.45, 7) is 22.0. The molecule has 0 aliphatic heterocycles. The number of hydrogen-bond donors (Lipinski definition) is 0. The van der Waals surface area contributed by atoms with Crippen LogP contribution in [0.5, 0.6) is 0 Å². The van der Waals surface area contributed by atoms with Crippen molar-refractivity contribution in [1.29, 1.82) is 0 Å².